The number of anilines is 3. The molecular formula is C43H31N. The monoisotopic (exact) mass is 561 g/mol. The van der Waals surface area contributed by atoms with E-state index in [-0.39, 0.29) is 0 Å². The van der Waals surface area contributed by atoms with Gasteiger partial charge in [-0.05, 0) is 74.5 Å². The second-order valence-corrected chi connectivity index (χ2v) is 11.4. The zero-order valence-corrected chi connectivity index (χ0v) is 24.4. The maximum absolute atomic E-state index is 2.44. The van der Waals surface area contributed by atoms with Gasteiger partial charge in [0, 0.05) is 22.1 Å². The number of rotatable bonds is 6. The normalized spacial score (nSPS) is 11.3. The van der Waals surface area contributed by atoms with Crippen molar-refractivity contribution >= 4 is 49.4 Å². The van der Waals surface area contributed by atoms with Crippen LogP contribution in [0.25, 0.3) is 43.4 Å². The molecule has 0 saturated carbocycles. The summed E-state index contributed by atoms with van der Waals surface area (Å²) in [6.45, 7) is 0. The molecule has 1 nitrogen and oxygen atoms in total. The van der Waals surface area contributed by atoms with Crippen molar-refractivity contribution in [2.75, 3.05) is 4.90 Å². The van der Waals surface area contributed by atoms with Gasteiger partial charge in [0.15, 0.2) is 0 Å². The Kier molecular flexibility index (Phi) is 6.62. The minimum absolute atomic E-state index is 0.931. The van der Waals surface area contributed by atoms with Crippen LogP contribution in [-0.2, 0) is 6.42 Å². The first-order chi connectivity index (χ1) is 21.8. The van der Waals surface area contributed by atoms with E-state index in [0.717, 1.165) is 17.8 Å². The van der Waals surface area contributed by atoms with Crippen LogP contribution in [0.2, 0.25) is 0 Å². The maximum atomic E-state index is 2.44. The fourth-order valence-electron chi connectivity index (χ4n) is 6.61. The van der Waals surface area contributed by atoms with Gasteiger partial charge in [0.05, 0.1) is 5.69 Å². The Labute approximate surface area is 258 Å². The Bertz CT molecular complexity index is 2180. The van der Waals surface area contributed by atoms with Gasteiger partial charge < -0.3 is 4.90 Å². The van der Waals surface area contributed by atoms with Gasteiger partial charge in [-0.3, -0.25) is 0 Å². The summed E-state index contributed by atoms with van der Waals surface area (Å²) in [5.41, 5.74) is 8.63. The van der Waals surface area contributed by atoms with Gasteiger partial charge in [0.25, 0.3) is 0 Å². The van der Waals surface area contributed by atoms with Crippen LogP contribution in [-0.4, -0.2) is 0 Å². The summed E-state index contributed by atoms with van der Waals surface area (Å²) in [5.74, 6) is 0. The first-order valence-electron chi connectivity index (χ1n) is 15.2. The Balaban J connectivity index is 1.36. The smallest absolute Gasteiger partial charge is 0.0618 e. The molecule has 0 heterocycles. The highest BCUT2D eigenvalue weighted by molar-refractivity contribution is 6.22. The van der Waals surface area contributed by atoms with Gasteiger partial charge in [0.2, 0.25) is 0 Å². The molecule has 0 amide bonds. The molecule has 0 fully saturated rings. The summed E-state index contributed by atoms with van der Waals surface area (Å²) in [5, 5.41) is 7.44. The molecule has 8 aromatic carbocycles. The zero-order chi connectivity index (χ0) is 29.3. The van der Waals surface area contributed by atoms with Crippen molar-refractivity contribution in [2.24, 2.45) is 0 Å². The Morgan fingerprint density at radius 1 is 0.364 bits per heavy atom. The third kappa shape index (κ3) is 4.69. The number of fused-ring (bicyclic) bond motifs is 3. The molecule has 8 aromatic rings. The summed E-state index contributed by atoms with van der Waals surface area (Å²) < 4.78 is 0. The lowest BCUT2D eigenvalue weighted by Gasteiger charge is -2.29. The minimum atomic E-state index is 0.931. The minimum Gasteiger partial charge on any atom is -0.309 e. The van der Waals surface area contributed by atoms with Crippen molar-refractivity contribution in [3.8, 4) is 11.1 Å². The second-order valence-electron chi connectivity index (χ2n) is 11.4. The fraction of sp³-hybridized carbons (Fsp3) is 0.0233. The predicted octanol–water partition coefficient (Wildman–Crippen LogP) is 11.9. The number of benzene rings is 8. The van der Waals surface area contributed by atoms with Crippen LogP contribution in [0.3, 0.4) is 0 Å². The van der Waals surface area contributed by atoms with Crippen LogP contribution in [0.15, 0.2) is 176 Å². The molecule has 0 unspecified atom stereocenters. The largest absolute Gasteiger partial charge is 0.309 e. The Morgan fingerprint density at radius 2 is 0.886 bits per heavy atom. The fourth-order valence-corrected chi connectivity index (χ4v) is 6.61. The molecule has 0 saturated heterocycles. The van der Waals surface area contributed by atoms with E-state index in [1.807, 2.05) is 0 Å². The predicted molar refractivity (Wildman–Crippen MR) is 188 cm³/mol. The lowest BCUT2D eigenvalue weighted by molar-refractivity contribution is 1.20. The molecule has 0 atom stereocenters. The van der Waals surface area contributed by atoms with Gasteiger partial charge in [-0.1, -0.05) is 152 Å². The standard InChI is InChI=1S/C43H31N/c1-4-14-31(15-5-1)28-32-24-25-35-30-37(27-26-34(35)29-32)44(36-18-8-3-9-19-36)43-40-22-12-10-20-38(40)42(33-16-6-2-7-17-33)39-21-11-13-23-41(39)43/h1-27,29-30H,28H2. The summed E-state index contributed by atoms with van der Waals surface area (Å²) in [4.78, 5) is 2.44. The van der Waals surface area contributed by atoms with E-state index in [0.29, 0.717) is 0 Å². The van der Waals surface area contributed by atoms with Crippen LogP contribution in [0.4, 0.5) is 17.1 Å². The number of hydrogen-bond acceptors (Lipinski definition) is 1. The van der Waals surface area contributed by atoms with Crippen molar-refractivity contribution in [3.63, 3.8) is 0 Å². The van der Waals surface area contributed by atoms with Crippen LogP contribution in [0, 0.1) is 0 Å². The van der Waals surface area contributed by atoms with E-state index in [1.165, 1.54) is 60.3 Å². The van der Waals surface area contributed by atoms with Gasteiger partial charge in [-0.25, -0.2) is 0 Å². The number of nitrogens with zero attached hydrogens (tertiary/aromatic N) is 1. The third-order valence-electron chi connectivity index (χ3n) is 8.60. The molecule has 0 aliphatic rings. The molecule has 0 bridgehead atoms. The molecule has 0 radical (unpaired) electrons. The Hall–Kier alpha value is -5.66. The molecule has 44 heavy (non-hydrogen) atoms. The highest BCUT2D eigenvalue weighted by Crippen LogP contribution is 2.48. The van der Waals surface area contributed by atoms with E-state index in [4.69, 9.17) is 0 Å². The molecule has 0 aromatic heterocycles. The van der Waals surface area contributed by atoms with Crippen LogP contribution in [0.5, 0.6) is 0 Å². The average molecular weight is 562 g/mol. The Morgan fingerprint density at radius 3 is 1.55 bits per heavy atom. The molecule has 8 rings (SSSR count). The maximum Gasteiger partial charge on any atom is 0.0618 e. The van der Waals surface area contributed by atoms with Crippen molar-refractivity contribution in [1.29, 1.82) is 0 Å². The van der Waals surface area contributed by atoms with Crippen molar-refractivity contribution < 1.29 is 0 Å². The number of hydrogen-bond donors (Lipinski definition) is 0. The van der Waals surface area contributed by atoms with E-state index in [1.54, 1.807) is 0 Å². The molecule has 0 spiro atoms. The summed E-state index contributed by atoms with van der Waals surface area (Å²) in [7, 11) is 0. The van der Waals surface area contributed by atoms with E-state index in [2.05, 4.69) is 181 Å². The quantitative estimate of drug-likeness (QED) is 0.183. The van der Waals surface area contributed by atoms with Gasteiger partial charge >= 0.3 is 0 Å². The third-order valence-corrected chi connectivity index (χ3v) is 8.60. The van der Waals surface area contributed by atoms with Crippen LogP contribution < -0.4 is 4.90 Å². The van der Waals surface area contributed by atoms with Crippen molar-refractivity contribution in [1.82, 2.24) is 0 Å². The highest BCUT2D eigenvalue weighted by atomic mass is 15.1. The first-order valence-corrected chi connectivity index (χ1v) is 15.2. The first kappa shape index (κ1) is 26.0. The molecule has 0 aliphatic carbocycles. The zero-order valence-electron chi connectivity index (χ0n) is 24.4. The summed E-state index contributed by atoms with van der Waals surface area (Å²) in [6, 6.07) is 63.7. The average Bonchev–Trinajstić information content (AvgIpc) is 3.09. The van der Waals surface area contributed by atoms with E-state index < -0.39 is 0 Å². The van der Waals surface area contributed by atoms with Crippen molar-refractivity contribution in [3.05, 3.63) is 187 Å². The lowest BCUT2D eigenvalue weighted by atomic mass is 9.90. The van der Waals surface area contributed by atoms with Crippen LogP contribution >= 0.6 is 0 Å². The van der Waals surface area contributed by atoms with Crippen LogP contribution in [0.1, 0.15) is 11.1 Å². The van der Waals surface area contributed by atoms with Gasteiger partial charge in [-0.2, -0.15) is 0 Å². The topological polar surface area (TPSA) is 3.24 Å². The SMILES string of the molecule is c1ccc(Cc2ccc3cc(N(c4ccccc4)c4c5ccccc5c(-c5ccccc5)c5ccccc45)ccc3c2)cc1. The van der Waals surface area contributed by atoms with Gasteiger partial charge in [0.1, 0.15) is 0 Å². The lowest BCUT2D eigenvalue weighted by Crippen LogP contribution is -2.11. The highest BCUT2D eigenvalue weighted by Gasteiger charge is 2.22. The van der Waals surface area contributed by atoms with Gasteiger partial charge in [-0.15, -0.1) is 0 Å². The number of para-hydroxylation sites is 1. The van der Waals surface area contributed by atoms with E-state index in [9.17, 15) is 0 Å². The summed E-state index contributed by atoms with van der Waals surface area (Å²) >= 11 is 0. The van der Waals surface area contributed by atoms with Crippen molar-refractivity contribution in [2.45, 2.75) is 6.42 Å². The molecule has 208 valence electrons. The molecular weight excluding hydrogens is 530 g/mol. The summed E-state index contributed by atoms with van der Waals surface area (Å²) in [6.07, 6.45) is 0.931. The molecule has 1 heteroatoms. The van der Waals surface area contributed by atoms with E-state index >= 15 is 0 Å². The second kappa shape index (κ2) is 11.2. The molecule has 0 N–H and O–H groups in total. The molecule has 0 aliphatic heterocycles.